The number of aromatic nitrogens is 3. The normalized spacial score (nSPS) is 11.2. The molecule has 1 heterocycles. The minimum Gasteiger partial charge on any atom is -0.272 e. The van der Waals surface area contributed by atoms with Crippen molar-refractivity contribution in [3.8, 4) is 17.1 Å². The molecule has 0 saturated carbocycles. The summed E-state index contributed by atoms with van der Waals surface area (Å²) in [5.41, 5.74) is 5.90. The predicted octanol–water partition coefficient (Wildman–Crippen LogP) is 6.45. The number of thioether (sulfide) groups is 1. The molecule has 172 valence electrons. The fraction of sp³-hybridized carbons (Fsp3) is 0.0833. The van der Waals surface area contributed by atoms with E-state index in [1.54, 1.807) is 30.3 Å². The number of halogens is 3. The van der Waals surface area contributed by atoms with Gasteiger partial charge in [-0.1, -0.05) is 82.5 Å². The van der Waals surface area contributed by atoms with Crippen LogP contribution in [0.5, 0.6) is 0 Å². The van der Waals surface area contributed by atoms with Crippen molar-refractivity contribution in [3.05, 3.63) is 92.9 Å². The summed E-state index contributed by atoms with van der Waals surface area (Å²) in [4.78, 5) is 12.4. The summed E-state index contributed by atoms with van der Waals surface area (Å²) in [5, 5.41) is 14.7. The fourth-order valence-corrected chi connectivity index (χ4v) is 4.41. The van der Waals surface area contributed by atoms with Crippen LogP contribution >= 0.6 is 46.6 Å². The van der Waals surface area contributed by atoms with Crippen LogP contribution in [0.4, 0.5) is 0 Å². The number of nitrogens with zero attached hydrogens (tertiary/aromatic N) is 4. The second kappa shape index (κ2) is 11.1. The van der Waals surface area contributed by atoms with Gasteiger partial charge in [0, 0.05) is 21.8 Å². The Morgan fingerprint density at radius 1 is 1.00 bits per heavy atom. The van der Waals surface area contributed by atoms with E-state index in [4.69, 9.17) is 34.8 Å². The minimum atomic E-state index is -0.313. The second-order valence-corrected chi connectivity index (χ2v) is 9.39. The fourth-order valence-electron chi connectivity index (χ4n) is 3.04. The number of benzene rings is 3. The zero-order valence-corrected chi connectivity index (χ0v) is 21.0. The molecule has 10 heteroatoms. The Labute approximate surface area is 215 Å². The Morgan fingerprint density at radius 3 is 2.35 bits per heavy atom. The third-order valence-electron chi connectivity index (χ3n) is 4.74. The number of hydrogen-bond acceptors (Lipinski definition) is 5. The summed E-state index contributed by atoms with van der Waals surface area (Å²) in [6, 6.07) is 20.5. The first-order chi connectivity index (χ1) is 16.4. The van der Waals surface area contributed by atoms with E-state index in [1.165, 1.54) is 18.0 Å². The molecule has 4 rings (SSSR count). The number of amides is 1. The number of hydrazone groups is 1. The summed E-state index contributed by atoms with van der Waals surface area (Å²) >= 11 is 19.5. The Morgan fingerprint density at radius 2 is 1.68 bits per heavy atom. The average molecular weight is 531 g/mol. The highest BCUT2D eigenvalue weighted by Crippen LogP contribution is 2.29. The number of carbonyl (C=O) groups is 1. The molecule has 0 aliphatic rings. The molecule has 4 aromatic rings. The summed E-state index contributed by atoms with van der Waals surface area (Å²) in [6.07, 6.45) is 1.42. The molecule has 0 unspecified atom stereocenters. The standard InChI is InChI=1S/C24H18Cl3N5OS/c1-15-5-7-16(8-6-15)23-30-31-24(32(23)18-11-9-17(25)10-12-18)34-14-22(33)29-28-13-19-20(26)3-2-4-21(19)27/h2-13H,14H2,1H3,(H,29,33)/b28-13-. The lowest BCUT2D eigenvalue weighted by atomic mass is 10.1. The largest absolute Gasteiger partial charge is 0.272 e. The van der Waals surface area contributed by atoms with Crippen molar-refractivity contribution in [1.29, 1.82) is 0 Å². The van der Waals surface area contributed by atoms with Gasteiger partial charge in [0.05, 0.1) is 22.0 Å². The predicted molar refractivity (Wildman–Crippen MR) is 139 cm³/mol. The summed E-state index contributed by atoms with van der Waals surface area (Å²) < 4.78 is 1.89. The maximum Gasteiger partial charge on any atom is 0.250 e. The first kappa shape index (κ1) is 24.3. The van der Waals surface area contributed by atoms with Gasteiger partial charge in [-0.15, -0.1) is 10.2 Å². The van der Waals surface area contributed by atoms with Crippen LogP contribution in [0.3, 0.4) is 0 Å². The third-order valence-corrected chi connectivity index (χ3v) is 6.58. The summed E-state index contributed by atoms with van der Waals surface area (Å²) in [7, 11) is 0. The molecular weight excluding hydrogens is 513 g/mol. The van der Waals surface area contributed by atoms with E-state index >= 15 is 0 Å². The van der Waals surface area contributed by atoms with Crippen LogP contribution in [-0.4, -0.2) is 32.6 Å². The topological polar surface area (TPSA) is 72.2 Å². The third kappa shape index (κ3) is 5.80. The van der Waals surface area contributed by atoms with Gasteiger partial charge in [-0.3, -0.25) is 9.36 Å². The quantitative estimate of drug-likeness (QED) is 0.169. The Kier molecular flexibility index (Phi) is 7.90. The number of rotatable bonds is 7. The van der Waals surface area contributed by atoms with Gasteiger partial charge in [0.25, 0.3) is 5.91 Å². The first-order valence-corrected chi connectivity index (χ1v) is 12.2. The highest BCUT2D eigenvalue weighted by Gasteiger charge is 2.17. The molecule has 0 aliphatic carbocycles. The van der Waals surface area contributed by atoms with Crippen LogP contribution in [0.2, 0.25) is 15.1 Å². The summed E-state index contributed by atoms with van der Waals surface area (Å²) in [5.74, 6) is 0.427. The number of nitrogens with one attached hydrogen (secondary N) is 1. The van der Waals surface area contributed by atoms with Gasteiger partial charge in [0.1, 0.15) is 0 Å². The van der Waals surface area contributed by atoms with Crippen LogP contribution in [0.1, 0.15) is 11.1 Å². The lowest BCUT2D eigenvalue weighted by Crippen LogP contribution is -2.20. The van der Waals surface area contributed by atoms with Gasteiger partial charge in [0.2, 0.25) is 0 Å². The van der Waals surface area contributed by atoms with E-state index < -0.39 is 0 Å². The number of hydrogen-bond donors (Lipinski definition) is 1. The Balaban J connectivity index is 1.52. The van der Waals surface area contributed by atoms with Gasteiger partial charge < -0.3 is 0 Å². The summed E-state index contributed by atoms with van der Waals surface area (Å²) in [6.45, 7) is 2.02. The van der Waals surface area contributed by atoms with E-state index in [1.807, 2.05) is 47.9 Å². The van der Waals surface area contributed by atoms with Crippen molar-refractivity contribution in [2.45, 2.75) is 12.1 Å². The Bertz CT molecular complexity index is 1320. The van der Waals surface area contributed by atoms with Crippen LogP contribution in [0, 0.1) is 6.92 Å². The first-order valence-electron chi connectivity index (χ1n) is 10.1. The zero-order chi connectivity index (χ0) is 24.1. The number of carbonyl (C=O) groups excluding carboxylic acids is 1. The lowest BCUT2D eigenvalue weighted by molar-refractivity contribution is -0.118. The maximum atomic E-state index is 12.4. The van der Waals surface area contributed by atoms with Crippen molar-refractivity contribution < 1.29 is 4.79 Å². The smallest absolute Gasteiger partial charge is 0.250 e. The van der Waals surface area contributed by atoms with Crippen molar-refractivity contribution in [3.63, 3.8) is 0 Å². The maximum absolute atomic E-state index is 12.4. The molecule has 34 heavy (non-hydrogen) atoms. The van der Waals surface area contributed by atoms with E-state index in [-0.39, 0.29) is 11.7 Å². The molecule has 0 spiro atoms. The molecule has 0 radical (unpaired) electrons. The van der Waals surface area contributed by atoms with Crippen molar-refractivity contribution in [2.75, 3.05) is 5.75 Å². The van der Waals surface area contributed by atoms with Crippen LogP contribution < -0.4 is 5.43 Å². The zero-order valence-electron chi connectivity index (χ0n) is 17.9. The average Bonchev–Trinajstić information content (AvgIpc) is 3.24. The van der Waals surface area contributed by atoms with Gasteiger partial charge in [-0.25, -0.2) is 5.43 Å². The van der Waals surface area contributed by atoms with E-state index in [9.17, 15) is 4.79 Å². The SMILES string of the molecule is Cc1ccc(-c2nnc(SCC(=O)N/N=C\c3c(Cl)cccc3Cl)n2-c2ccc(Cl)cc2)cc1. The molecule has 0 atom stereocenters. The van der Waals surface area contributed by atoms with E-state index in [0.29, 0.717) is 31.6 Å². The molecule has 1 amide bonds. The second-order valence-electron chi connectivity index (χ2n) is 7.20. The molecule has 3 aromatic carbocycles. The van der Waals surface area contributed by atoms with Crippen LogP contribution in [0.25, 0.3) is 17.1 Å². The molecule has 1 aromatic heterocycles. The molecule has 0 bridgehead atoms. The number of aryl methyl sites for hydroxylation is 1. The monoisotopic (exact) mass is 529 g/mol. The highest BCUT2D eigenvalue weighted by molar-refractivity contribution is 7.99. The molecular formula is C24H18Cl3N5OS. The van der Waals surface area contributed by atoms with Crippen LogP contribution in [-0.2, 0) is 4.79 Å². The van der Waals surface area contributed by atoms with Gasteiger partial charge in [0.15, 0.2) is 11.0 Å². The minimum absolute atomic E-state index is 0.0766. The highest BCUT2D eigenvalue weighted by atomic mass is 35.5. The van der Waals surface area contributed by atoms with Gasteiger partial charge >= 0.3 is 0 Å². The van der Waals surface area contributed by atoms with E-state index in [0.717, 1.165) is 16.8 Å². The van der Waals surface area contributed by atoms with Crippen molar-refractivity contribution in [1.82, 2.24) is 20.2 Å². The van der Waals surface area contributed by atoms with Gasteiger partial charge in [-0.05, 0) is 43.3 Å². The molecule has 6 nitrogen and oxygen atoms in total. The molecule has 0 fully saturated rings. The van der Waals surface area contributed by atoms with Gasteiger partial charge in [-0.2, -0.15) is 5.10 Å². The molecule has 1 N–H and O–H groups in total. The molecule has 0 aliphatic heterocycles. The van der Waals surface area contributed by atoms with Crippen LogP contribution in [0.15, 0.2) is 77.0 Å². The van der Waals surface area contributed by atoms with Crippen molar-refractivity contribution >= 4 is 58.7 Å². The Hall–Kier alpha value is -2.84. The van der Waals surface area contributed by atoms with Crippen molar-refractivity contribution in [2.24, 2.45) is 5.10 Å². The van der Waals surface area contributed by atoms with E-state index in [2.05, 4.69) is 20.7 Å². The molecule has 0 saturated heterocycles. The lowest BCUT2D eigenvalue weighted by Gasteiger charge is -2.10.